The largest absolute Gasteiger partial charge is 0.503 e. The molecule has 3 rings (SSSR count). The van der Waals surface area contributed by atoms with Crippen molar-refractivity contribution < 1.29 is 9.84 Å². The molecular weight excluding hydrogens is 435 g/mol. The van der Waals surface area contributed by atoms with Crippen molar-refractivity contribution in [3.63, 3.8) is 0 Å². The summed E-state index contributed by atoms with van der Waals surface area (Å²) in [5, 5.41) is 15.6. The Hall–Kier alpha value is -0.500. The van der Waals surface area contributed by atoms with Crippen LogP contribution in [-0.2, 0) is 0 Å². The van der Waals surface area contributed by atoms with Gasteiger partial charge in [0, 0.05) is 31.1 Å². The van der Waals surface area contributed by atoms with Gasteiger partial charge in [0.05, 0.1) is 17.6 Å². The van der Waals surface area contributed by atoms with Crippen LogP contribution in [0.2, 0.25) is 0 Å². The Kier molecular flexibility index (Phi) is 8.84. The Balaban J connectivity index is 0.00000144. The number of halogens is 3. The molecule has 2 N–H and O–H groups in total. The van der Waals surface area contributed by atoms with Crippen LogP contribution in [0.5, 0.6) is 11.5 Å². The Bertz CT molecular complexity index is 637. The smallest absolute Gasteiger partial charge is 0.172 e. The summed E-state index contributed by atoms with van der Waals surface area (Å²) >= 11 is 5.20. The van der Waals surface area contributed by atoms with Crippen LogP contribution in [0.1, 0.15) is 16.5 Å². The van der Waals surface area contributed by atoms with Crippen LogP contribution in [0, 0.1) is 0 Å². The second kappa shape index (κ2) is 9.85. The number of phenols is 1. The lowest BCUT2D eigenvalue weighted by Crippen LogP contribution is -2.45. The van der Waals surface area contributed by atoms with Crippen molar-refractivity contribution in [2.75, 3.05) is 33.3 Å². The van der Waals surface area contributed by atoms with E-state index in [9.17, 15) is 5.11 Å². The molecule has 0 saturated carbocycles. The van der Waals surface area contributed by atoms with E-state index in [1.54, 1.807) is 18.4 Å². The van der Waals surface area contributed by atoms with Gasteiger partial charge in [-0.2, -0.15) is 0 Å². The quantitative estimate of drug-likeness (QED) is 0.729. The number of thiophene rings is 1. The standard InChI is InChI=1S/C16H19BrN2O2S.2ClH/c1-21-13-10-11(9-12(17)16(13)20)15(14-3-2-8-22-14)19-6-4-18-5-7-19;;/h2-3,8-10,15,18,20H,4-7H2,1H3;2*1H/t15-;;/m0../s1. The molecule has 0 radical (unpaired) electrons. The Labute approximate surface area is 167 Å². The fourth-order valence-electron chi connectivity index (χ4n) is 2.85. The highest BCUT2D eigenvalue weighted by atomic mass is 79.9. The number of rotatable bonds is 4. The van der Waals surface area contributed by atoms with Crippen molar-refractivity contribution in [3.8, 4) is 11.5 Å². The topological polar surface area (TPSA) is 44.7 Å². The summed E-state index contributed by atoms with van der Waals surface area (Å²) in [6.45, 7) is 4.00. The molecule has 1 aromatic carbocycles. The molecule has 0 unspecified atom stereocenters. The van der Waals surface area contributed by atoms with Crippen molar-refractivity contribution >= 4 is 52.1 Å². The van der Waals surface area contributed by atoms with Gasteiger partial charge in [-0.1, -0.05) is 6.07 Å². The van der Waals surface area contributed by atoms with Gasteiger partial charge in [-0.3, -0.25) is 4.90 Å². The molecule has 1 fully saturated rings. The molecule has 1 aliphatic rings. The maximum Gasteiger partial charge on any atom is 0.172 e. The average molecular weight is 456 g/mol. The van der Waals surface area contributed by atoms with E-state index < -0.39 is 0 Å². The molecule has 134 valence electrons. The molecular formula is C16H21BrCl2N2O2S. The monoisotopic (exact) mass is 454 g/mol. The van der Waals surface area contributed by atoms with Crippen molar-refractivity contribution in [1.82, 2.24) is 10.2 Å². The first kappa shape index (κ1) is 21.5. The lowest BCUT2D eigenvalue weighted by atomic mass is 10.0. The van der Waals surface area contributed by atoms with Crippen LogP contribution in [-0.4, -0.2) is 43.3 Å². The minimum absolute atomic E-state index is 0. The summed E-state index contributed by atoms with van der Waals surface area (Å²) in [4.78, 5) is 3.78. The number of benzene rings is 1. The third-order valence-electron chi connectivity index (χ3n) is 3.92. The van der Waals surface area contributed by atoms with E-state index in [4.69, 9.17) is 4.74 Å². The summed E-state index contributed by atoms with van der Waals surface area (Å²) in [6, 6.07) is 8.37. The molecule has 0 aliphatic carbocycles. The maximum atomic E-state index is 10.1. The molecule has 0 spiro atoms. The van der Waals surface area contributed by atoms with Gasteiger partial charge in [-0.25, -0.2) is 0 Å². The van der Waals surface area contributed by atoms with Gasteiger partial charge in [0.1, 0.15) is 0 Å². The van der Waals surface area contributed by atoms with Crippen molar-refractivity contribution in [2.45, 2.75) is 6.04 Å². The zero-order chi connectivity index (χ0) is 15.5. The molecule has 1 saturated heterocycles. The fraction of sp³-hybridized carbons (Fsp3) is 0.375. The number of nitrogens with one attached hydrogen (secondary N) is 1. The van der Waals surface area contributed by atoms with Crippen LogP contribution in [0.25, 0.3) is 0 Å². The average Bonchev–Trinajstić information content (AvgIpc) is 3.06. The Morgan fingerprint density at radius 1 is 1.29 bits per heavy atom. The van der Waals surface area contributed by atoms with Crippen LogP contribution >= 0.6 is 52.1 Å². The highest BCUT2D eigenvalue weighted by Gasteiger charge is 2.26. The van der Waals surface area contributed by atoms with E-state index in [1.165, 1.54) is 4.88 Å². The fourth-order valence-corrected chi connectivity index (χ4v) is 4.19. The highest BCUT2D eigenvalue weighted by molar-refractivity contribution is 9.10. The number of hydrogen-bond donors (Lipinski definition) is 2. The highest BCUT2D eigenvalue weighted by Crippen LogP contribution is 2.40. The van der Waals surface area contributed by atoms with E-state index in [-0.39, 0.29) is 36.6 Å². The van der Waals surface area contributed by atoms with Crippen LogP contribution in [0.4, 0.5) is 0 Å². The molecule has 1 atom stereocenters. The van der Waals surface area contributed by atoms with Gasteiger partial charge in [0.25, 0.3) is 0 Å². The lowest BCUT2D eigenvalue weighted by Gasteiger charge is -2.35. The van der Waals surface area contributed by atoms with Crippen molar-refractivity contribution in [1.29, 1.82) is 0 Å². The summed E-state index contributed by atoms with van der Waals surface area (Å²) in [5.41, 5.74) is 1.13. The predicted octanol–water partition coefficient (Wildman–Crippen LogP) is 4.06. The number of nitrogens with zero attached hydrogens (tertiary/aromatic N) is 1. The Morgan fingerprint density at radius 2 is 2.00 bits per heavy atom. The number of hydrogen-bond acceptors (Lipinski definition) is 5. The first-order chi connectivity index (χ1) is 10.7. The lowest BCUT2D eigenvalue weighted by molar-refractivity contribution is 0.200. The van der Waals surface area contributed by atoms with Gasteiger partial charge < -0.3 is 15.2 Å². The van der Waals surface area contributed by atoms with E-state index in [2.05, 4.69) is 43.7 Å². The maximum absolute atomic E-state index is 10.1. The first-order valence-electron chi connectivity index (χ1n) is 7.25. The number of ether oxygens (including phenoxy) is 1. The number of phenolic OH excluding ortho intramolecular Hbond substituents is 1. The van der Waals surface area contributed by atoms with E-state index in [1.807, 2.05) is 12.1 Å². The second-order valence-electron chi connectivity index (χ2n) is 5.26. The van der Waals surface area contributed by atoms with Crippen LogP contribution in [0.3, 0.4) is 0 Å². The third kappa shape index (κ3) is 4.56. The van der Waals surface area contributed by atoms with Crippen LogP contribution < -0.4 is 10.1 Å². The molecule has 1 aliphatic heterocycles. The zero-order valence-electron chi connectivity index (χ0n) is 13.2. The van der Waals surface area contributed by atoms with Gasteiger partial charge >= 0.3 is 0 Å². The van der Waals surface area contributed by atoms with Gasteiger partial charge in [-0.15, -0.1) is 36.2 Å². The van der Waals surface area contributed by atoms with E-state index >= 15 is 0 Å². The van der Waals surface area contributed by atoms with Crippen molar-refractivity contribution in [3.05, 3.63) is 44.6 Å². The van der Waals surface area contributed by atoms with Gasteiger partial charge in [0.2, 0.25) is 0 Å². The number of aromatic hydroxyl groups is 1. The third-order valence-corrected chi connectivity index (χ3v) is 5.45. The Morgan fingerprint density at radius 3 is 2.58 bits per heavy atom. The molecule has 4 nitrogen and oxygen atoms in total. The SMILES string of the molecule is COc1cc([C@@H](c2cccs2)N2CCNCC2)cc(Br)c1O.Cl.Cl. The molecule has 2 heterocycles. The van der Waals surface area contributed by atoms with Gasteiger partial charge in [-0.05, 0) is 45.1 Å². The van der Waals surface area contributed by atoms with E-state index in [0.717, 1.165) is 31.7 Å². The van der Waals surface area contributed by atoms with E-state index in [0.29, 0.717) is 10.2 Å². The molecule has 8 heteroatoms. The minimum atomic E-state index is 0. The number of methoxy groups -OCH3 is 1. The molecule has 1 aromatic heterocycles. The predicted molar refractivity (Wildman–Crippen MR) is 107 cm³/mol. The van der Waals surface area contributed by atoms with Gasteiger partial charge in [0.15, 0.2) is 11.5 Å². The van der Waals surface area contributed by atoms with Crippen LogP contribution in [0.15, 0.2) is 34.1 Å². The summed E-state index contributed by atoms with van der Waals surface area (Å²) in [5.74, 6) is 0.651. The normalized spacial score (nSPS) is 15.9. The number of piperazine rings is 1. The molecule has 2 aromatic rings. The molecule has 0 bridgehead atoms. The summed E-state index contributed by atoms with van der Waals surface area (Å²) < 4.78 is 5.98. The summed E-state index contributed by atoms with van der Waals surface area (Å²) in [7, 11) is 1.58. The zero-order valence-corrected chi connectivity index (χ0v) is 17.2. The minimum Gasteiger partial charge on any atom is -0.503 e. The van der Waals surface area contributed by atoms with Crippen molar-refractivity contribution in [2.24, 2.45) is 0 Å². The first-order valence-corrected chi connectivity index (χ1v) is 8.92. The second-order valence-corrected chi connectivity index (χ2v) is 7.09. The summed E-state index contributed by atoms with van der Waals surface area (Å²) in [6.07, 6.45) is 0. The molecule has 0 amide bonds. The molecule has 24 heavy (non-hydrogen) atoms.